The van der Waals surface area contributed by atoms with Crippen molar-refractivity contribution >= 4 is 53.7 Å². The van der Waals surface area contributed by atoms with Gasteiger partial charge < -0.3 is 26.0 Å². The van der Waals surface area contributed by atoms with Gasteiger partial charge in [-0.2, -0.15) is 18.8 Å². The van der Waals surface area contributed by atoms with Crippen molar-refractivity contribution in [1.29, 1.82) is 0 Å². The topological polar surface area (TPSA) is 235 Å². The number of carbonyl (C=O) groups excluding carboxylic acids is 1. The largest absolute Gasteiger partial charge is 0.478 e. The van der Waals surface area contributed by atoms with Gasteiger partial charge in [-0.3, -0.25) is 14.8 Å². The van der Waals surface area contributed by atoms with Gasteiger partial charge in [0.25, 0.3) is 5.91 Å². The molecule has 23 heteroatoms. The van der Waals surface area contributed by atoms with E-state index in [0.717, 1.165) is 24.2 Å². The second kappa shape index (κ2) is 22.6. The lowest BCUT2D eigenvalue weighted by Gasteiger charge is -2.31. The van der Waals surface area contributed by atoms with E-state index >= 15 is 0 Å². The number of amides is 1. The Hall–Kier alpha value is -7.38. The summed E-state index contributed by atoms with van der Waals surface area (Å²) in [6.45, 7) is 5.64. The number of halogens is 2. The molecular formula is C50H52F2N12O7S2. The monoisotopic (exact) mass is 1030 g/mol. The Balaban J connectivity index is 0.000000161. The lowest BCUT2D eigenvalue weighted by molar-refractivity contribution is 0.0698. The zero-order valence-corrected chi connectivity index (χ0v) is 41.4. The molecule has 2 aliphatic heterocycles. The molecule has 2 aliphatic rings. The number of benzene rings is 4. The van der Waals surface area contributed by atoms with E-state index in [4.69, 9.17) is 10.8 Å². The Morgan fingerprint density at radius 1 is 0.562 bits per heavy atom. The highest BCUT2D eigenvalue weighted by Crippen LogP contribution is 2.24. The number of carboxylic acids is 1. The minimum atomic E-state index is -3.54. The van der Waals surface area contributed by atoms with Crippen LogP contribution in [0.25, 0.3) is 33.2 Å². The van der Waals surface area contributed by atoms with E-state index in [9.17, 15) is 35.2 Å². The number of likely N-dealkylation sites (N-methyl/N-ethyl adjacent to an activating group) is 2. The number of hydrogen-bond donors (Lipinski definition) is 3. The van der Waals surface area contributed by atoms with Gasteiger partial charge in [0.15, 0.2) is 0 Å². The van der Waals surface area contributed by atoms with Crippen molar-refractivity contribution in [3.63, 3.8) is 0 Å². The van der Waals surface area contributed by atoms with Gasteiger partial charge in [0.05, 0.1) is 68.1 Å². The highest BCUT2D eigenvalue weighted by atomic mass is 32.2. The number of aromatic nitrogens is 6. The molecule has 0 saturated carbocycles. The third-order valence-corrected chi connectivity index (χ3v) is 16.2. The van der Waals surface area contributed by atoms with Gasteiger partial charge in [0.1, 0.15) is 11.6 Å². The zero-order chi connectivity index (χ0) is 51.9. The quantitative estimate of drug-likeness (QED) is 0.159. The van der Waals surface area contributed by atoms with E-state index in [0.29, 0.717) is 89.5 Å². The van der Waals surface area contributed by atoms with Crippen LogP contribution in [-0.2, 0) is 33.1 Å². The summed E-state index contributed by atoms with van der Waals surface area (Å²) in [6.07, 6.45) is 8.92. The molecule has 19 nitrogen and oxygen atoms in total. The summed E-state index contributed by atoms with van der Waals surface area (Å²) >= 11 is 0. The zero-order valence-electron chi connectivity index (χ0n) is 39.8. The summed E-state index contributed by atoms with van der Waals surface area (Å²) in [5.41, 5.74) is 10.1. The number of carbonyl (C=O) groups is 2. The van der Waals surface area contributed by atoms with Crippen molar-refractivity contribution in [2.24, 2.45) is 5.73 Å². The number of pyridine rings is 2. The number of piperazine rings is 2. The predicted octanol–water partition coefficient (Wildman–Crippen LogP) is 4.76. The molecule has 2 fully saturated rings. The smallest absolute Gasteiger partial charge is 0.338 e. The number of nitrogens with zero attached hydrogens (tertiary/aromatic N) is 10. The first-order chi connectivity index (χ1) is 35.0. The highest BCUT2D eigenvalue weighted by molar-refractivity contribution is 7.89. The predicted molar refractivity (Wildman–Crippen MR) is 269 cm³/mol. The second-order valence-electron chi connectivity index (χ2n) is 17.2. The van der Waals surface area contributed by atoms with E-state index < -0.39 is 26.0 Å². The van der Waals surface area contributed by atoms with Gasteiger partial charge in [-0.05, 0) is 98.0 Å². The van der Waals surface area contributed by atoms with Crippen molar-refractivity contribution in [2.45, 2.75) is 22.9 Å². The summed E-state index contributed by atoms with van der Waals surface area (Å²) in [5, 5.41) is 21.5. The Kier molecular flexibility index (Phi) is 16.1. The van der Waals surface area contributed by atoms with Gasteiger partial charge in [0, 0.05) is 88.6 Å². The van der Waals surface area contributed by atoms with Gasteiger partial charge in [-0.1, -0.05) is 24.3 Å². The van der Waals surface area contributed by atoms with Crippen LogP contribution in [0.1, 0.15) is 31.8 Å². The first-order valence-corrected chi connectivity index (χ1v) is 25.8. The minimum Gasteiger partial charge on any atom is -0.478 e. The summed E-state index contributed by atoms with van der Waals surface area (Å²) in [4.78, 5) is 36.9. The number of fused-ring (bicyclic) bond motifs is 2. The number of rotatable bonds is 11. The second-order valence-corrected chi connectivity index (χ2v) is 21.1. The van der Waals surface area contributed by atoms with Crippen LogP contribution in [0.3, 0.4) is 0 Å². The van der Waals surface area contributed by atoms with E-state index in [2.05, 4.69) is 35.3 Å². The maximum absolute atomic E-state index is 13.3. The average Bonchev–Trinajstić information content (AvgIpc) is 4.05. The van der Waals surface area contributed by atoms with Crippen LogP contribution >= 0.6 is 0 Å². The maximum atomic E-state index is 13.3. The van der Waals surface area contributed by atoms with Crippen LogP contribution in [0.15, 0.2) is 144 Å². The molecule has 380 valence electrons. The van der Waals surface area contributed by atoms with Crippen LogP contribution in [0.5, 0.6) is 0 Å². The molecule has 1 amide bonds. The molecule has 4 aromatic carbocycles. The number of hydrogen-bond acceptors (Lipinski definition) is 13. The van der Waals surface area contributed by atoms with Gasteiger partial charge in [-0.25, -0.2) is 39.8 Å². The van der Waals surface area contributed by atoms with E-state index in [1.54, 1.807) is 94.2 Å². The SMILES string of the molecule is CN1CCN(S(=O)(=O)c2ccc(CN)cc2)CC1.CN1CCN(S(=O)(=O)c2ccc(CNC(=O)c3cncc4c3cnn4-c3ccc(F)cc3)cc2)CC1.O=C(O)c1cncc2c1cnn2-c1ccc(F)cc1. The molecule has 4 N–H and O–H groups in total. The van der Waals surface area contributed by atoms with Gasteiger partial charge >= 0.3 is 5.97 Å². The van der Waals surface area contributed by atoms with Crippen molar-refractivity contribution in [3.8, 4) is 11.4 Å². The number of nitrogens with one attached hydrogen (secondary N) is 1. The lowest BCUT2D eigenvalue weighted by atomic mass is 10.1. The van der Waals surface area contributed by atoms with E-state index in [1.807, 2.05) is 14.1 Å². The van der Waals surface area contributed by atoms with Crippen LogP contribution in [0.2, 0.25) is 0 Å². The fraction of sp³-hybridized carbons (Fsp3) is 0.240. The van der Waals surface area contributed by atoms with E-state index in [-0.39, 0.29) is 34.5 Å². The summed E-state index contributed by atoms with van der Waals surface area (Å²) in [5.74, 6) is -2.08. The van der Waals surface area contributed by atoms with Crippen molar-refractivity contribution in [1.82, 2.24) is 53.3 Å². The minimum absolute atomic E-state index is 0.0888. The fourth-order valence-electron chi connectivity index (χ4n) is 8.02. The first kappa shape index (κ1) is 52.0. The van der Waals surface area contributed by atoms with Crippen LogP contribution < -0.4 is 11.1 Å². The van der Waals surface area contributed by atoms with E-state index in [1.165, 1.54) is 58.0 Å². The number of carboxylic acid groups (broad SMARTS) is 1. The molecule has 0 radical (unpaired) electrons. The Bertz CT molecular complexity index is 3440. The Morgan fingerprint density at radius 2 is 0.959 bits per heavy atom. The normalized spacial score (nSPS) is 15.0. The summed E-state index contributed by atoms with van der Waals surface area (Å²) in [6, 6.07) is 25.0. The summed E-state index contributed by atoms with van der Waals surface area (Å²) in [7, 11) is -2.91. The molecular weight excluding hydrogens is 983 g/mol. The molecule has 0 atom stereocenters. The van der Waals surface area contributed by atoms with Crippen LogP contribution in [0, 0.1) is 11.6 Å². The molecule has 10 rings (SSSR count). The molecule has 0 bridgehead atoms. The average molecular weight is 1040 g/mol. The highest BCUT2D eigenvalue weighted by Gasteiger charge is 2.29. The Morgan fingerprint density at radius 3 is 1.37 bits per heavy atom. The number of sulfonamides is 2. The van der Waals surface area contributed by atoms with Crippen molar-refractivity contribution in [3.05, 3.63) is 168 Å². The number of nitrogens with two attached hydrogens (primary N) is 1. The summed E-state index contributed by atoms with van der Waals surface area (Å²) < 4.78 is 82.9. The molecule has 2 saturated heterocycles. The molecule has 6 heterocycles. The third kappa shape index (κ3) is 11.9. The molecule has 8 aromatic rings. The fourth-order valence-corrected chi connectivity index (χ4v) is 10.9. The molecule has 0 unspecified atom stereocenters. The van der Waals surface area contributed by atoms with Crippen LogP contribution in [0.4, 0.5) is 8.78 Å². The molecule has 0 spiro atoms. The maximum Gasteiger partial charge on any atom is 0.338 e. The van der Waals surface area contributed by atoms with Crippen molar-refractivity contribution in [2.75, 3.05) is 66.5 Å². The molecule has 4 aromatic heterocycles. The lowest BCUT2D eigenvalue weighted by Crippen LogP contribution is -2.47. The van der Waals surface area contributed by atoms with Crippen LogP contribution in [-0.4, -0.2) is 148 Å². The third-order valence-electron chi connectivity index (χ3n) is 12.3. The number of aromatic carboxylic acids is 1. The van der Waals surface area contributed by atoms with Gasteiger partial charge in [-0.15, -0.1) is 0 Å². The van der Waals surface area contributed by atoms with Crippen molar-refractivity contribution < 1.29 is 40.3 Å². The molecule has 73 heavy (non-hydrogen) atoms. The Labute approximate surface area is 420 Å². The molecule has 0 aliphatic carbocycles. The standard InChI is InChI=1S/C25H25FN6O3S.C13H8FN3O2.C12H19N3O2S/c1-30-10-12-31(13-11-30)36(34,35)21-8-2-18(3-9-21)14-28-25(33)23-15-27-17-24-22(23)16-29-32(24)20-6-4-19(26)5-7-20;14-8-1-3-9(4-2-8)17-12-7-15-5-11(13(18)19)10(12)6-16-17;1-14-6-8-15(9-7-14)18(16,17)12-4-2-11(10-13)3-5-12/h2-9,15-17H,10-14H2,1H3,(H,28,33);1-7H,(H,18,19);2-5H,6-10,13H2,1H3. The first-order valence-electron chi connectivity index (χ1n) is 23.0. The van der Waals surface area contributed by atoms with Gasteiger partial charge in [0.2, 0.25) is 20.0 Å².